The molecule has 0 bridgehead atoms. The van der Waals surface area contributed by atoms with Crippen LogP contribution in [0.3, 0.4) is 0 Å². The quantitative estimate of drug-likeness (QED) is 0.751. The number of benzene rings is 1. The van der Waals surface area contributed by atoms with Crippen LogP contribution in [0.25, 0.3) is 0 Å². The number of rotatable bonds is 4. The lowest BCUT2D eigenvalue weighted by molar-refractivity contribution is 0.102. The maximum absolute atomic E-state index is 12.1. The van der Waals surface area contributed by atoms with Gasteiger partial charge >= 0.3 is 0 Å². The summed E-state index contributed by atoms with van der Waals surface area (Å²) in [5.41, 5.74) is 6.33. The number of nitrogens with zero attached hydrogens (tertiary/aromatic N) is 2. The number of primary sulfonamides is 1. The SMILES string of the molecule is CCn1cc(N)c(C(=O)Nc2cccc(S(N)(=O)=O)c2)n1. The number of sulfonamides is 1. The third kappa shape index (κ3) is 3.38. The molecule has 1 aromatic heterocycles. The van der Waals surface area contributed by atoms with Gasteiger partial charge in [0.2, 0.25) is 10.0 Å². The molecule has 1 aromatic carbocycles. The van der Waals surface area contributed by atoms with E-state index in [1.165, 1.54) is 22.9 Å². The monoisotopic (exact) mass is 309 g/mol. The third-order valence-corrected chi connectivity index (χ3v) is 3.66. The van der Waals surface area contributed by atoms with Crippen molar-refractivity contribution >= 4 is 27.3 Å². The van der Waals surface area contributed by atoms with Crippen molar-refractivity contribution in [3.63, 3.8) is 0 Å². The molecule has 0 aliphatic heterocycles. The highest BCUT2D eigenvalue weighted by Crippen LogP contribution is 2.16. The molecule has 0 spiro atoms. The van der Waals surface area contributed by atoms with Gasteiger partial charge in [0, 0.05) is 18.4 Å². The van der Waals surface area contributed by atoms with Crippen LogP contribution in [0.2, 0.25) is 0 Å². The second kappa shape index (κ2) is 5.54. The number of hydrogen-bond acceptors (Lipinski definition) is 5. The van der Waals surface area contributed by atoms with E-state index in [4.69, 9.17) is 10.9 Å². The first-order valence-electron chi connectivity index (χ1n) is 6.08. The topological polar surface area (TPSA) is 133 Å². The fourth-order valence-electron chi connectivity index (χ4n) is 1.72. The maximum Gasteiger partial charge on any atom is 0.278 e. The first-order valence-corrected chi connectivity index (χ1v) is 7.63. The van der Waals surface area contributed by atoms with E-state index in [0.717, 1.165) is 0 Å². The van der Waals surface area contributed by atoms with Gasteiger partial charge in [0.1, 0.15) is 0 Å². The molecule has 1 heterocycles. The van der Waals surface area contributed by atoms with Crippen molar-refractivity contribution in [3.8, 4) is 0 Å². The molecular formula is C12H15N5O3S. The van der Waals surface area contributed by atoms with Gasteiger partial charge in [0.25, 0.3) is 5.91 Å². The number of aromatic nitrogens is 2. The summed E-state index contributed by atoms with van der Waals surface area (Å²) in [7, 11) is -3.83. The van der Waals surface area contributed by atoms with Crippen LogP contribution in [0.5, 0.6) is 0 Å². The van der Waals surface area contributed by atoms with Gasteiger partial charge < -0.3 is 11.1 Å². The van der Waals surface area contributed by atoms with E-state index in [9.17, 15) is 13.2 Å². The Labute approximate surface area is 121 Å². The van der Waals surface area contributed by atoms with Gasteiger partial charge in [-0.15, -0.1) is 0 Å². The molecule has 0 saturated carbocycles. The summed E-state index contributed by atoms with van der Waals surface area (Å²) >= 11 is 0. The minimum Gasteiger partial charge on any atom is -0.396 e. The molecule has 5 N–H and O–H groups in total. The Hall–Kier alpha value is -2.39. The fraction of sp³-hybridized carbons (Fsp3) is 0.167. The van der Waals surface area contributed by atoms with Gasteiger partial charge in [-0.3, -0.25) is 9.48 Å². The molecular weight excluding hydrogens is 294 g/mol. The van der Waals surface area contributed by atoms with Crippen LogP contribution in [0.15, 0.2) is 35.4 Å². The molecule has 9 heteroatoms. The zero-order valence-corrected chi connectivity index (χ0v) is 12.1. The van der Waals surface area contributed by atoms with Crippen molar-refractivity contribution in [1.82, 2.24) is 9.78 Å². The van der Waals surface area contributed by atoms with Gasteiger partial charge in [0.05, 0.1) is 10.6 Å². The van der Waals surface area contributed by atoms with Crippen LogP contribution in [0.4, 0.5) is 11.4 Å². The summed E-state index contributed by atoms with van der Waals surface area (Å²) in [6, 6.07) is 5.62. The molecule has 21 heavy (non-hydrogen) atoms. The molecule has 112 valence electrons. The van der Waals surface area contributed by atoms with E-state index in [1.807, 2.05) is 6.92 Å². The molecule has 2 rings (SSSR count). The van der Waals surface area contributed by atoms with E-state index in [0.29, 0.717) is 6.54 Å². The van der Waals surface area contributed by atoms with Gasteiger partial charge in [-0.05, 0) is 25.1 Å². The van der Waals surface area contributed by atoms with Crippen LogP contribution >= 0.6 is 0 Å². The second-order valence-corrected chi connectivity index (χ2v) is 5.88. The van der Waals surface area contributed by atoms with Crippen LogP contribution in [0.1, 0.15) is 17.4 Å². The van der Waals surface area contributed by atoms with Crippen LogP contribution in [0, 0.1) is 0 Å². The number of carbonyl (C=O) groups is 1. The van der Waals surface area contributed by atoms with Crippen molar-refractivity contribution in [3.05, 3.63) is 36.2 Å². The van der Waals surface area contributed by atoms with Gasteiger partial charge in [0.15, 0.2) is 5.69 Å². The average molecular weight is 309 g/mol. The Morgan fingerprint density at radius 2 is 2.14 bits per heavy atom. The molecule has 0 atom stereocenters. The molecule has 0 fully saturated rings. The number of nitrogens with two attached hydrogens (primary N) is 2. The Kier molecular flexibility index (Phi) is 3.96. The van der Waals surface area contributed by atoms with Crippen LogP contribution < -0.4 is 16.2 Å². The van der Waals surface area contributed by atoms with Gasteiger partial charge in [-0.1, -0.05) is 6.07 Å². The number of nitrogens with one attached hydrogen (secondary N) is 1. The minimum absolute atomic E-state index is 0.0814. The summed E-state index contributed by atoms with van der Waals surface area (Å²) in [6.45, 7) is 2.45. The smallest absolute Gasteiger partial charge is 0.278 e. The zero-order chi connectivity index (χ0) is 15.6. The van der Waals surface area contributed by atoms with Gasteiger partial charge in [-0.2, -0.15) is 5.10 Å². The van der Waals surface area contributed by atoms with Crippen molar-refractivity contribution in [2.45, 2.75) is 18.4 Å². The molecule has 0 aliphatic rings. The Bertz CT molecular complexity index is 782. The Morgan fingerprint density at radius 3 is 2.71 bits per heavy atom. The van der Waals surface area contributed by atoms with Crippen molar-refractivity contribution in [2.75, 3.05) is 11.1 Å². The average Bonchev–Trinajstić information content (AvgIpc) is 2.79. The predicted octanol–water partition coefficient (Wildman–Crippen LogP) is 0.385. The lowest BCUT2D eigenvalue weighted by atomic mass is 10.3. The van der Waals surface area contributed by atoms with E-state index >= 15 is 0 Å². The fourth-order valence-corrected chi connectivity index (χ4v) is 2.28. The Morgan fingerprint density at radius 1 is 1.43 bits per heavy atom. The molecule has 0 unspecified atom stereocenters. The zero-order valence-electron chi connectivity index (χ0n) is 11.3. The second-order valence-electron chi connectivity index (χ2n) is 4.32. The lowest BCUT2D eigenvalue weighted by Crippen LogP contribution is -2.16. The summed E-state index contributed by atoms with van der Waals surface area (Å²) in [5, 5.41) is 11.6. The molecule has 0 saturated heterocycles. The first kappa shape index (κ1) is 15.0. The number of aryl methyl sites for hydroxylation is 1. The summed E-state index contributed by atoms with van der Waals surface area (Å²) < 4.78 is 24.1. The van der Waals surface area contributed by atoms with E-state index < -0.39 is 15.9 Å². The number of nitrogen functional groups attached to an aromatic ring is 1. The highest BCUT2D eigenvalue weighted by atomic mass is 32.2. The summed E-state index contributed by atoms with van der Waals surface area (Å²) in [4.78, 5) is 12.0. The number of anilines is 2. The molecule has 0 aliphatic carbocycles. The normalized spacial score (nSPS) is 11.3. The highest BCUT2D eigenvalue weighted by Gasteiger charge is 2.16. The first-order chi connectivity index (χ1) is 9.81. The number of carbonyl (C=O) groups excluding carboxylic acids is 1. The molecule has 0 radical (unpaired) electrons. The molecule has 2 aromatic rings. The van der Waals surface area contributed by atoms with E-state index in [-0.39, 0.29) is 22.0 Å². The van der Waals surface area contributed by atoms with E-state index in [1.54, 1.807) is 12.3 Å². The van der Waals surface area contributed by atoms with Crippen LogP contribution in [-0.2, 0) is 16.6 Å². The highest BCUT2D eigenvalue weighted by molar-refractivity contribution is 7.89. The van der Waals surface area contributed by atoms with Crippen molar-refractivity contribution in [2.24, 2.45) is 5.14 Å². The predicted molar refractivity (Wildman–Crippen MR) is 78.1 cm³/mol. The molecule has 1 amide bonds. The van der Waals surface area contributed by atoms with Crippen molar-refractivity contribution < 1.29 is 13.2 Å². The van der Waals surface area contributed by atoms with Gasteiger partial charge in [-0.25, -0.2) is 13.6 Å². The summed E-state index contributed by atoms with van der Waals surface area (Å²) in [6.07, 6.45) is 1.55. The number of amides is 1. The maximum atomic E-state index is 12.1. The Balaban J connectivity index is 2.25. The third-order valence-electron chi connectivity index (χ3n) is 2.75. The van der Waals surface area contributed by atoms with Crippen LogP contribution in [-0.4, -0.2) is 24.1 Å². The largest absolute Gasteiger partial charge is 0.396 e. The standard InChI is InChI=1S/C12H15N5O3S/c1-2-17-7-10(13)11(16-17)12(18)15-8-4-3-5-9(6-8)21(14,19)20/h3-7H,2,13H2,1H3,(H,15,18)(H2,14,19,20). The summed E-state index contributed by atoms with van der Waals surface area (Å²) in [5.74, 6) is -0.522. The molecule has 8 nitrogen and oxygen atoms in total. The van der Waals surface area contributed by atoms with E-state index in [2.05, 4.69) is 10.4 Å². The number of hydrogen-bond donors (Lipinski definition) is 3. The lowest BCUT2D eigenvalue weighted by Gasteiger charge is -2.05. The minimum atomic E-state index is -3.83. The van der Waals surface area contributed by atoms with Crippen molar-refractivity contribution in [1.29, 1.82) is 0 Å².